The summed E-state index contributed by atoms with van der Waals surface area (Å²) in [5.41, 5.74) is 0. The molecule has 0 saturated heterocycles. The van der Waals surface area contributed by atoms with Crippen LogP contribution in [0.25, 0.3) is 0 Å². The summed E-state index contributed by atoms with van der Waals surface area (Å²) in [5.74, 6) is -56.3. The molecule has 0 aliphatic heterocycles. The molecule has 0 saturated carbocycles. The van der Waals surface area contributed by atoms with Crippen LogP contribution in [0.15, 0.2) is 0 Å². The third-order valence-electron chi connectivity index (χ3n) is 4.61. The van der Waals surface area contributed by atoms with Gasteiger partial charge in [0.15, 0.2) is 0 Å². The third kappa shape index (κ3) is 6.54. The molecule has 0 aromatic carbocycles. The molecule has 0 heterocycles. The Morgan fingerprint density at radius 2 is 0.696 bits per heavy atom. The first-order valence-electron chi connectivity index (χ1n) is 9.72. The highest BCUT2D eigenvalue weighted by Crippen LogP contribution is 2.59. The second kappa shape index (κ2) is 11.9. The molecule has 0 aromatic rings. The van der Waals surface area contributed by atoms with Crippen molar-refractivity contribution < 1.29 is 135 Å². The summed E-state index contributed by atoms with van der Waals surface area (Å²) >= 11 is 0. The minimum Gasteiger partial charge on any atom is -0.464 e. The number of carbonyl (C=O) groups is 3. The summed E-state index contributed by atoms with van der Waals surface area (Å²) in [6.07, 6.45) is -42.1. The topological polar surface area (TPSA) is 97.4 Å². The largest absolute Gasteiger partial charge is 0.464 e. The number of ether oxygens (including phenoxy) is 5. The molecule has 46 heavy (non-hydrogen) atoms. The molecule has 0 spiro atoms. The minimum atomic E-state index is -8.87. The normalized spacial score (nSPS) is 18.6. The maximum absolute atomic E-state index is 14.9. The van der Waals surface area contributed by atoms with Crippen molar-refractivity contribution in [3.8, 4) is 0 Å². The first-order valence-corrected chi connectivity index (χ1v) is 9.72. The predicted molar refractivity (Wildman–Crippen MR) is 86.7 cm³/mol. The fourth-order valence-corrected chi connectivity index (χ4v) is 2.30. The number of rotatable bonds is 13. The molecular formula is C16H6F22O8. The first-order chi connectivity index (χ1) is 19.8. The van der Waals surface area contributed by atoms with E-state index in [1.165, 1.54) is 4.74 Å². The van der Waals surface area contributed by atoms with Gasteiger partial charge in [-0.2, -0.15) is 96.6 Å². The van der Waals surface area contributed by atoms with Gasteiger partial charge in [-0.1, -0.05) is 0 Å². The number of hydrogen-bond donors (Lipinski definition) is 0. The number of halogens is 22. The molecule has 0 rings (SSSR count). The van der Waals surface area contributed by atoms with Crippen LogP contribution in [0.3, 0.4) is 0 Å². The maximum Gasteiger partial charge on any atom is 0.459 e. The summed E-state index contributed by atoms with van der Waals surface area (Å²) < 4.78 is 309. The van der Waals surface area contributed by atoms with Crippen molar-refractivity contribution in [2.45, 2.75) is 66.0 Å². The average Bonchev–Trinajstić information content (AvgIpc) is 2.84. The Kier molecular flexibility index (Phi) is 11.1. The maximum atomic E-state index is 14.9. The van der Waals surface area contributed by atoms with Crippen molar-refractivity contribution in [3.05, 3.63) is 0 Å². The van der Waals surface area contributed by atoms with E-state index in [0.717, 1.165) is 4.74 Å². The van der Waals surface area contributed by atoms with Gasteiger partial charge in [-0.05, 0) is 0 Å². The van der Waals surface area contributed by atoms with Gasteiger partial charge in [0.2, 0.25) is 0 Å². The second-order valence-electron chi connectivity index (χ2n) is 7.62. The third-order valence-corrected chi connectivity index (χ3v) is 4.61. The Labute approximate surface area is 234 Å². The van der Waals surface area contributed by atoms with Gasteiger partial charge in [0.1, 0.15) is 0 Å². The van der Waals surface area contributed by atoms with Crippen molar-refractivity contribution in [2.75, 3.05) is 14.2 Å². The summed E-state index contributed by atoms with van der Waals surface area (Å²) in [5, 5.41) is 0. The van der Waals surface area contributed by atoms with E-state index in [9.17, 15) is 111 Å². The van der Waals surface area contributed by atoms with E-state index in [-0.39, 0.29) is 0 Å². The smallest absolute Gasteiger partial charge is 0.459 e. The van der Waals surface area contributed by atoms with E-state index in [0.29, 0.717) is 0 Å². The Bertz CT molecular complexity index is 1130. The lowest BCUT2D eigenvalue weighted by atomic mass is 10.0. The summed E-state index contributed by atoms with van der Waals surface area (Å²) in [7, 11) is -0.845. The number of alkyl halides is 21. The Balaban J connectivity index is 7.85. The van der Waals surface area contributed by atoms with E-state index < -0.39 is 98.2 Å². The van der Waals surface area contributed by atoms with Crippen LogP contribution in [-0.2, 0) is 38.1 Å². The Morgan fingerprint density at radius 3 is 0.935 bits per heavy atom. The molecule has 0 bridgehead atoms. The molecule has 0 amide bonds. The van der Waals surface area contributed by atoms with Gasteiger partial charge < -0.3 is 9.47 Å². The van der Waals surface area contributed by atoms with Crippen molar-refractivity contribution in [1.29, 1.82) is 0 Å². The van der Waals surface area contributed by atoms with Gasteiger partial charge >= 0.3 is 84.0 Å². The molecule has 0 fully saturated rings. The molecule has 30 heteroatoms. The quantitative estimate of drug-likeness (QED) is 0.135. The van der Waals surface area contributed by atoms with Gasteiger partial charge in [0.25, 0.3) is 0 Å². The van der Waals surface area contributed by atoms with E-state index in [1.54, 1.807) is 4.74 Å². The summed E-state index contributed by atoms with van der Waals surface area (Å²) in [6.45, 7) is 0. The SMILES string of the molecule is COC(=O)C(F)(F)C(F)(OC(F)(C(F)(F)F)C(F)(F)OC(F)(C(F)(F)F)C(F)(F)OC(F)(C(=O)F)C(F)(F)F)C(F)(F)C(=O)OC. The zero-order valence-corrected chi connectivity index (χ0v) is 20.6. The van der Waals surface area contributed by atoms with Gasteiger partial charge in [-0.15, -0.1) is 0 Å². The van der Waals surface area contributed by atoms with E-state index in [2.05, 4.69) is 9.47 Å². The van der Waals surface area contributed by atoms with E-state index in [1.807, 2.05) is 0 Å². The zero-order valence-electron chi connectivity index (χ0n) is 20.6. The highest BCUT2D eigenvalue weighted by atomic mass is 19.4. The van der Waals surface area contributed by atoms with Gasteiger partial charge in [-0.25, -0.2) is 9.59 Å². The lowest BCUT2D eigenvalue weighted by Crippen LogP contribution is -2.74. The fourth-order valence-electron chi connectivity index (χ4n) is 2.30. The minimum absolute atomic E-state index is 0.423. The monoisotopic (exact) mass is 744 g/mol. The molecule has 8 nitrogen and oxygen atoms in total. The number of methoxy groups -OCH3 is 2. The summed E-state index contributed by atoms with van der Waals surface area (Å²) in [6, 6.07) is -5.04. The van der Waals surface area contributed by atoms with Crippen LogP contribution < -0.4 is 0 Å². The summed E-state index contributed by atoms with van der Waals surface area (Å²) in [4.78, 5) is 32.3. The first kappa shape index (κ1) is 43.0. The number of hydrogen-bond acceptors (Lipinski definition) is 8. The predicted octanol–water partition coefficient (Wildman–Crippen LogP) is 5.68. The Morgan fingerprint density at radius 1 is 0.413 bits per heavy atom. The number of esters is 2. The molecule has 0 radical (unpaired) electrons. The van der Waals surface area contributed by atoms with Crippen molar-refractivity contribution in [3.63, 3.8) is 0 Å². The standard InChI is InChI=1S/C16H6F22O8/c1-42-4(40)6(18,19)9(23,7(20,21)5(41)43-2)45-10(24,13(29,30)31)16(37,38)46-11(25,14(32,33)34)15(35,36)44-8(22,3(17)39)12(26,27)28/h1-2H3. The van der Waals surface area contributed by atoms with Gasteiger partial charge in [-0.3, -0.25) is 19.0 Å². The lowest BCUT2D eigenvalue weighted by Gasteiger charge is -2.44. The van der Waals surface area contributed by atoms with Crippen molar-refractivity contribution in [2.24, 2.45) is 0 Å². The van der Waals surface area contributed by atoms with E-state index >= 15 is 0 Å². The highest BCUT2D eigenvalue weighted by Gasteiger charge is 2.90. The number of carbonyl (C=O) groups excluding carboxylic acids is 3. The van der Waals surface area contributed by atoms with Crippen molar-refractivity contribution >= 4 is 18.0 Å². The molecule has 0 aliphatic carbocycles. The van der Waals surface area contributed by atoms with Crippen LogP contribution in [0.1, 0.15) is 0 Å². The van der Waals surface area contributed by atoms with Gasteiger partial charge in [0.05, 0.1) is 14.2 Å². The van der Waals surface area contributed by atoms with Crippen LogP contribution in [-0.4, -0.2) is 98.2 Å². The molecule has 0 aliphatic rings. The van der Waals surface area contributed by atoms with Crippen LogP contribution in [0.5, 0.6) is 0 Å². The zero-order chi connectivity index (χ0) is 37.8. The highest BCUT2D eigenvalue weighted by molar-refractivity contribution is 5.84. The van der Waals surface area contributed by atoms with Crippen LogP contribution in [0, 0.1) is 0 Å². The molecule has 3 atom stereocenters. The molecular weight excluding hydrogens is 738 g/mol. The average molecular weight is 744 g/mol. The lowest BCUT2D eigenvalue weighted by molar-refractivity contribution is -0.570. The molecule has 3 unspecified atom stereocenters. The molecule has 0 N–H and O–H groups in total. The van der Waals surface area contributed by atoms with Crippen molar-refractivity contribution in [1.82, 2.24) is 0 Å². The second-order valence-corrected chi connectivity index (χ2v) is 7.62. The fraction of sp³-hybridized carbons (Fsp3) is 0.812. The molecule has 0 aromatic heterocycles. The van der Waals surface area contributed by atoms with E-state index in [4.69, 9.17) is 0 Å². The van der Waals surface area contributed by atoms with Crippen LogP contribution in [0.4, 0.5) is 96.6 Å². The van der Waals surface area contributed by atoms with Crippen LogP contribution in [0.2, 0.25) is 0 Å². The Hall–Kier alpha value is -3.05. The van der Waals surface area contributed by atoms with Crippen LogP contribution >= 0.6 is 0 Å². The molecule has 272 valence electrons. The van der Waals surface area contributed by atoms with Gasteiger partial charge in [0, 0.05) is 0 Å².